The molecule has 0 bridgehead atoms. The molecule has 3 N–H and O–H groups in total. The fraction of sp³-hybridized carbons (Fsp3) is 0.345. The maximum Gasteiger partial charge on any atom is 0.303 e. The number of allylic oxidation sites excluding steroid dienone is 4. The van der Waals surface area contributed by atoms with E-state index in [0.717, 1.165) is 5.56 Å². The number of hydrogen-bond donors (Lipinski definition) is 3. The predicted molar refractivity (Wildman–Crippen MR) is 143 cm³/mol. The first-order valence-corrected chi connectivity index (χ1v) is 12.7. The van der Waals surface area contributed by atoms with Gasteiger partial charge >= 0.3 is 5.97 Å². The van der Waals surface area contributed by atoms with E-state index in [4.69, 9.17) is 9.94 Å². The zero-order valence-electron chi connectivity index (χ0n) is 21.3. The highest BCUT2D eigenvalue weighted by Gasteiger charge is 2.29. The third kappa shape index (κ3) is 8.92. The van der Waals surface area contributed by atoms with Crippen molar-refractivity contribution in [1.29, 1.82) is 0 Å². The highest BCUT2D eigenvalue weighted by Crippen LogP contribution is 2.31. The molecular formula is C29H33F2N3O4. The molecule has 1 aliphatic heterocycles. The molecule has 0 spiro atoms. The number of hydroxylamine groups is 1. The number of carboxylic acids is 1. The van der Waals surface area contributed by atoms with Crippen molar-refractivity contribution in [2.45, 2.75) is 51.5 Å². The van der Waals surface area contributed by atoms with Gasteiger partial charge in [0.2, 0.25) is 0 Å². The second-order valence-electron chi connectivity index (χ2n) is 8.91. The molecule has 0 fully saturated rings. The zero-order valence-corrected chi connectivity index (χ0v) is 21.3. The Morgan fingerprint density at radius 2 is 2.03 bits per heavy atom. The average Bonchev–Trinajstić information content (AvgIpc) is 3.39. The van der Waals surface area contributed by atoms with Crippen molar-refractivity contribution in [3.05, 3.63) is 89.2 Å². The first-order chi connectivity index (χ1) is 18.4. The molecule has 0 saturated carbocycles. The average molecular weight is 526 g/mol. The third-order valence-electron chi connectivity index (χ3n) is 5.97. The molecule has 0 saturated heterocycles. The van der Waals surface area contributed by atoms with Crippen LogP contribution in [0.5, 0.6) is 0 Å². The van der Waals surface area contributed by atoms with Crippen molar-refractivity contribution in [2.24, 2.45) is 10.9 Å². The summed E-state index contributed by atoms with van der Waals surface area (Å²) in [6.07, 6.45) is 14.7. The van der Waals surface area contributed by atoms with Crippen LogP contribution >= 0.6 is 0 Å². The molecule has 202 valence electrons. The van der Waals surface area contributed by atoms with Gasteiger partial charge in [-0.05, 0) is 74.6 Å². The second-order valence-corrected chi connectivity index (χ2v) is 8.91. The Balaban J connectivity index is 1.69. The van der Waals surface area contributed by atoms with Gasteiger partial charge in [0.05, 0.1) is 17.3 Å². The summed E-state index contributed by atoms with van der Waals surface area (Å²) in [7, 11) is 0. The fourth-order valence-electron chi connectivity index (χ4n) is 3.99. The van der Waals surface area contributed by atoms with Crippen LogP contribution in [0.3, 0.4) is 0 Å². The van der Waals surface area contributed by atoms with Crippen LogP contribution < -0.4 is 10.8 Å². The molecule has 1 heterocycles. The number of nitrogens with zero attached hydrogens (tertiary/aromatic N) is 1. The van der Waals surface area contributed by atoms with Crippen LogP contribution in [-0.4, -0.2) is 35.8 Å². The van der Waals surface area contributed by atoms with Crippen molar-refractivity contribution in [3.8, 4) is 0 Å². The molecular weight excluding hydrogens is 492 g/mol. The van der Waals surface area contributed by atoms with E-state index in [9.17, 15) is 18.4 Å². The lowest BCUT2D eigenvalue weighted by molar-refractivity contribution is -0.137. The fourth-order valence-corrected chi connectivity index (χ4v) is 3.99. The van der Waals surface area contributed by atoms with Gasteiger partial charge in [0.1, 0.15) is 11.6 Å². The standard InChI is InChI=1S/C29H33F2N3O4/c1-2-7-22(30)8-6-17-33-29(37)24-15-12-21(18-26(24)32-16-5-3-4-9-28(35)36)25-19-27(38-34-25)20-10-13-23(31)14-11-20/h6-8,10-11,13-16,18-19,21,25,34H,2-5,9,12,17H2,1H3,(H,33,37)(H,35,36)/b8-6-,22-7+,32-16?. The first kappa shape index (κ1) is 28.7. The largest absolute Gasteiger partial charge is 0.481 e. The minimum absolute atomic E-state index is 0.0585. The molecule has 2 unspecified atom stereocenters. The number of carbonyl (C=O) groups excluding carboxylic acids is 1. The van der Waals surface area contributed by atoms with E-state index >= 15 is 0 Å². The number of amides is 1. The number of aliphatic imine (C=N–C) groups is 1. The normalized spacial score (nSPS) is 19.8. The lowest BCUT2D eigenvalue weighted by Gasteiger charge is -2.22. The van der Waals surface area contributed by atoms with Gasteiger partial charge in [0.25, 0.3) is 5.91 Å². The third-order valence-corrected chi connectivity index (χ3v) is 5.97. The Hall–Kier alpha value is -3.85. The molecule has 1 aromatic rings. The molecule has 7 nitrogen and oxygen atoms in total. The van der Waals surface area contributed by atoms with Crippen molar-refractivity contribution < 1.29 is 28.3 Å². The second kappa shape index (κ2) is 14.8. The molecule has 1 amide bonds. The minimum Gasteiger partial charge on any atom is -0.481 e. The van der Waals surface area contributed by atoms with Gasteiger partial charge in [-0.2, -0.15) is 0 Å². The summed E-state index contributed by atoms with van der Waals surface area (Å²) < 4.78 is 26.8. The van der Waals surface area contributed by atoms with Crippen molar-refractivity contribution in [1.82, 2.24) is 10.8 Å². The molecule has 1 aliphatic carbocycles. The molecule has 3 rings (SSSR count). The van der Waals surface area contributed by atoms with Crippen LogP contribution in [0.15, 0.2) is 82.8 Å². The zero-order chi connectivity index (χ0) is 27.3. The van der Waals surface area contributed by atoms with Crippen molar-refractivity contribution in [2.75, 3.05) is 6.54 Å². The van der Waals surface area contributed by atoms with Gasteiger partial charge in [-0.1, -0.05) is 25.2 Å². The quantitative estimate of drug-likeness (QED) is 0.178. The van der Waals surface area contributed by atoms with Crippen LogP contribution in [0, 0.1) is 11.7 Å². The lowest BCUT2D eigenvalue weighted by Crippen LogP contribution is -2.32. The molecule has 1 aromatic carbocycles. The van der Waals surface area contributed by atoms with E-state index in [0.29, 0.717) is 49.1 Å². The number of nitrogens with one attached hydrogen (secondary N) is 2. The van der Waals surface area contributed by atoms with E-state index in [1.165, 1.54) is 24.3 Å². The highest BCUT2D eigenvalue weighted by atomic mass is 19.1. The predicted octanol–water partition coefficient (Wildman–Crippen LogP) is 5.55. The van der Waals surface area contributed by atoms with Crippen LogP contribution in [0.25, 0.3) is 5.76 Å². The van der Waals surface area contributed by atoms with Crippen molar-refractivity contribution in [3.63, 3.8) is 0 Å². The number of benzene rings is 1. The summed E-state index contributed by atoms with van der Waals surface area (Å²) in [5.41, 5.74) is 4.66. The summed E-state index contributed by atoms with van der Waals surface area (Å²) in [5.74, 6) is -1.30. The summed E-state index contributed by atoms with van der Waals surface area (Å²) in [4.78, 5) is 33.8. The van der Waals surface area contributed by atoms with Crippen LogP contribution in [0.1, 0.15) is 51.0 Å². The van der Waals surface area contributed by atoms with Gasteiger partial charge in [0, 0.05) is 30.7 Å². The van der Waals surface area contributed by atoms with Gasteiger partial charge in [-0.25, -0.2) is 8.78 Å². The summed E-state index contributed by atoms with van der Waals surface area (Å²) in [6, 6.07) is 5.83. The first-order valence-electron chi connectivity index (χ1n) is 12.7. The maximum absolute atomic E-state index is 13.5. The number of halogens is 2. The van der Waals surface area contributed by atoms with Gasteiger partial charge in [0.15, 0.2) is 5.76 Å². The molecule has 9 heteroatoms. The van der Waals surface area contributed by atoms with Gasteiger partial charge in [-0.3, -0.25) is 14.6 Å². The number of unbranched alkanes of at least 4 members (excludes halogenated alkanes) is 2. The molecule has 0 radical (unpaired) electrons. The van der Waals surface area contributed by atoms with Crippen LogP contribution in [0.4, 0.5) is 8.78 Å². The van der Waals surface area contributed by atoms with E-state index in [1.807, 2.05) is 25.2 Å². The topological polar surface area (TPSA) is 100 Å². The van der Waals surface area contributed by atoms with E-state index in [1.54, 1.807) is 24.4 Å². The van der Waals surface area contributed by atoms with E-state index in [-0.39, 0.29) is 42.5 Å². The Morgan fingerprint density at radius 1 is 1.24 bits per heavy atom. The summed E-state index contributed by atoms with van der Waals surface area (Å²) in [6.45, 7) is 2.00. The molecule has 38 heavy (non-hydrogen) atoms. The smallest absolute Gasteiger partial charge is 0.303 e. The number of carboxylic acid groups (broad SMARTS) is 1. The van der Waals surface area contributed by atoms with Crippen LogP contribution in [0.2, 0.25) is 0 Å². The number of hydrogen-bond acceptors (Lipinski definition) is 5. The molecule has 2 aliphatic rings. The number of aliphatic carboxylic acids is 1. The summed E-state index contributed by atoms with van der Waals surface area (Å²) in [5, 5.41) is 11.6. The van der Waals surface area contributed by atoms with Gasteiger partial charge in [-0.15, -0.1) is 5.48 Å². The van der Waals surface area contributed by atoms with Gasteiger partial charge < -0.3 is 15.3 Å². The Morgan fingerprint density at radius 3 is 2.76 bits per heavy atom. The van der Waals surface area contributed by atoms with E-state index < -0.39 is 5.97 Å². The highest BCUT2D eigenvalue weighted by molar-refractivity contribution is 5.98. The maximum atomic E-state index is 13.5. The minimum atomic E-state index is -0.833. The van der Waals surface area contributed by atoms with Crippen molar-refractivity contribution >= 4 is 23.9 Å². The Kier molecular flexibility index (Phi) is 11.2. The number of carbonyl (C=O) groups is 2. The summed E-state index contributed by atoms with van der Waals surface area (Å²) >= 11 is 0. The Bertz CT molecular complexity index is 1170. The molecule has 2 atom stereocenters. The Labute approximate surface area is 221 Å². The lowest BCUT2D eigenvalue weighted by atomic mass is 9.88. The van der Waals surface area contributed by atoms with E-state index in [2.05, 4.69) is 15.8 Å². The number of rotatable bonds is 13. The monoisotopic (exact) mass is 525 g/mol. The molecule has 0 aromatic heterocycles. The SMILES string of the molecule is CC/C=C(F)\C=C/CNC(=O)C1=CCC(C2C=C(c3ccc(F)cc3)ON2)C=C1N=CCCCCC(=O)O. The van der Waals surface area contributed by atoms with Crippen LogP contribution in [-0.2, 0) is 14.4 Å².